The van der Waals surface area contributed by atoms with E-state index >= 15 is 0 Å². The van der Waals surface area contributed by atoms with Crippen LogP contribution in [0.4, 0.5) is 5.69 Å². The lowest BCUT2D eigenvalue weighted by Gasteiger charge is -2.02. The summed E-state index contributed by atoms with van der Waals surface area (Å²) in [6.07, 6.45) is 15.4. The average molecular weight is 376 g/mol. The molecule has 0 aromatic heterocycles. The summed E-state index contributed by atoms with van der Waals surface area (Å²) < 4.78 is 0. The van der Waals surface area contributed by atoms with Gasteiger partial charge in [-0.3, -0.25) is 14.9 Å². The van der Waals surface area contributed by atoms with Crippen LogP contribution in [0.2, 0.25) is 0 Å². The number of hydrogen-bond donors (Lipinski definition) is 1. The number of nitro benzene ring substituents is 1. The van der Waals surface area contributed by atoms with E-state index in [0.717, 1.165) is 12.8 Å². The first-order valence-corrected chi connectivity index (χ1v) is 10.2. The average Bonchev–Trinajstić information content (AvgIpc) is 2.66. The van der Waals surface area contributed by atoms with Crippen LogP contribution in [0.1, 0.15) is 89.5 Å². The number of nitrogens with zero attached hydrogens (tertiary/aromatic N) is 2. The molecule has 1 N–H and O–H groups in total. The van der Waals surface area contributed by atoms with Gasteiger partial charge in [0.2, 0.25) is 5.91 Å². The molecule has 1 aromatic rings. The third kappa shape index (κ3) is 11.2. The molecule has 0 aliphatic carbocycles. The number of nitrogens with one attached hydrogen (secondary N) is 1. The zero-order valence-corrected chi connectivity index (χ0v) is 16.5. The zero-order chi connectivity index (χ0) is 19.7. The zero-order valence-electron chi connectivity index (χ0n) is 16.5. The van der Waals surface area contributed by atoms with E-state index in [1.54, 1.807) is 18.2 Å². The summed E-state index contributed by atoms with van der Waals surface area (Å²) in [4.78, 5) is 22.2. The fourth-order valence-corrected chi connectivity index (χ4v) is 2.94. The van der Waals surface area contributed by atoms with Crippen molar-refractivity contribution in [2.24, 2.45) is 5.10 Å². The molecular weight excluding hydrogens is 342 g/mol. The van der Waals surface area contributed by atoms with Gasteiger partial charge in [-0.1, -0.05) is 83.3 Å². The molecule has 1 amide bonds. The van der Waals surface area contributed by atoms with Crippen LogP contribution < -0.4 is 5.43 Å². The summed E-state index contributed by atoms with van der Waals surface area (Å²) >= 11 is 0. The van der Waals surface area contributed by atoms with Gasteiger partial charge < -0.3 is 0 Å². The van der Waals surface area contributed by atoms with Crippen molar-refractivity contribution in [3.63, 3.8) is 0 Å². The minimum atomic E-state index is -0.464. The standard InChI is InChI=1S/C21H33N3O3/c1-2-3-4-5-6-7-8-9-10-11-12-17-21(25)23-22-18-19-15-13-14-16-20(19)24(26)27/h13-16,18H,2-12,17H2,1H3,(H,23,25)/b22-18-. The van der Waals surface area contributed by atoms with Gasteiger partial charge >= 0.3 is 0 Å². The predicted octanol–water partition coefficient (Wildman–Crippen LogP) is 5.75. The first-order valence-electron chi connectivity index (χ1n) is 10.2. The Hall–Kier alpha value is -2.24. The van der Waals surface area contributed by atoms with E-state index in [0.29, 0.717) is 12.0 Å². The van der Waals surface area contributed by atoms with Crippen molar-refractivity contribution in [3.8, 4) is 0 Å². The van der Waals surface area contributed by atoms with E-state index in [9.17, 15) is 14.9 Å². The van der Waals surface area contributed by atoms with Gasteiger partial charge in [-0.25, -0.2) is 5.43 Å². The fraction of sp³-hybridized carbons (Fsp3) is 0.619. The number of rotatable bonds is 15. The van der Waals surface area contributed by atoms with Crippen LogP contribution in [0.15, 0.2) is 29.4 Å². The van der Waals surface area contributed by atoms with E-state index in [-0.39, 0.29) is 11.6 Å². The molecule has 6 heteroatoms. The predicted molar refractivity (Wildman–Crippen MR) is 110 cm³/mol. The Balaban J connectivity index is 2.06. The Morgan fingerprint density at radius 1 is 1.00 bits per heavy atom. The lowest BCUT2D eigenvalue weighted by Crippen LogP contribution is -2.17. The lowest BCUT2D eigenvalue weighted by atomic mass is 10.1. The maximum absolute atomic E-state index is 11.8. The molecule has 0 aliphatic rings. The maximum atomic E-state index is 11.8. The van der Waals surface area contributed by atoms with Crippen molar-refractivity contribution >= 4 is 17.8 Å². The highest BCUT2D eigenvalue weighted by atomic mass is 16.6. The Morgan fingerprint density at radius 3 is 2.15 bits per heavy atom. The van der Waals surface area contributed by atoms with Gasteiger partial charge in [0.25, 0.3) is 5.69 Å². The molecular formula is C21H33N3O3. The third-order valence-electron chi connectivity index (χ3n) is 4.53. The van der Waals surface area contributed by atoms with E-state index in [4.69, 9.17) is 0 Å². The molecule has 0 atom stereocenters. The van der Waals surface area contributed by atoms with E-state index in [1.807, 2.05) is 0 Å². The summed E-state index contributed by atoms with van der Waals surface area (Å²) in [5, 5.41) is 14.7. The minimum absolute atomic E-state index is 0.0270. The van der Waals surface area contributed by atoms with E-state index < -0.39 is 4.92 Å². The molecule has 0 spiro atoms. The quantitative estimate of drug-likeness (QED) is 0.183. The summed E-state index contributed by atoms with van der Waals surface area (Å²) in [7, 11) is 0. The largest absolute Gasteiger partial charge is 0.278 e. The van der Waals surface area contributed by atoms with Crippen molar-refractivity contribution in [3.05, 3.63) is 39.9 Å². The number of para-hydroxylation sites is 1. The fourth-order valence-electron chi connectivity index (χ4n) is 2.94. The molecule has 0 unspecified atom stereocenters. The summed E-state index contributed by atoms with van der Waals surface area (Å²) in [5.74, 6) is -0.152. The molecule has 0 aliphatic heterocycles. The van der Waals surface area contributed by atoms with Gasteiger partial charge in [0, 0.05) is 12.5 Å². The normalized spacial score (nSPS) is 11.0. The van der Waals surface area contributed by atoms with Gasteiger partial charge in [-0.05, 0) is 12.5 Å². The highest BCUT2D eigenvalue weighted by molar-refractivity contribution is 5.86. The maximum Gasteiger partial charge on any atom is 0.278 e. The van der Waals surface area contributed by atoms with Crippen molar-refractivity contribution in [1.82, 2.24) is 5.43 Å². The smallest absolute Gasteiger partial charge is 0.273 e. The van der Waals surface area contributed by atoms with Gasteiger partial charge in [-0.2, -0.15) is 5.10 Å². The molecule has 0 fully saturated rings. The Bertz CT molecular complexity index is 588. The summed E-state index contributed by atoms with van der Waals surface area (Å²) in [6.45, 7) is 2.24. The van der Waals surface area contributed by atoms with Gasteiger partial charge in [-0.15, -0.1) is 0 Å². The van der Waals surface area contributed by atoms with Crippen LogP contribution in [-0.2, 0) is 4.79 Å². The highest BCUT2D eigenvalue weighted by Gasteiger charge is 2.10. The van der Waals surface area contributed by atoms with Crippen molar-refractivity contribution in [2.75, 3.05) is 0 Å². The summed E-state index contributed by atoms with van der Waals surface area (Å²) in [5.41, 5.74) is 2.79. The van der Waals surface area contributed by atoms with Crippen LogP contribution in [0, 0.1) is 10.1 Å². The van der Waals surface area contributed by atoms with Gasteiger partial charge in [0.1, 0.15) is 0 Å². The van der Waals surface area contributed by atoms with Crippen LogP contribution in [0.3, 0.4) is 0 Å². The van der Waals surface area contributed by atoms with Crippen LogP contribution in [0.5, 0.6) is 0 Å². The molecule has 0 saturated carbocycles. The van der Waals surface area contributed by atoms with Crippen LogP contribution in [0.25, 0.3) is 0 Å². The van der Waals surface area contributed by atoms with Gasteiger partial charge in [0.15, 0.2) is 0 Å². The second-order valence-electron chi connectivity index (χ2n) is 6.89. The SMILES string of the molecule is CCCCCCCCCCCCCC(=O)N/N=C\c1ccccc1[N+](=O)[O-]. The van der Waals surface area contributed by atoms with Gasteiger partial charge in [0.05, 0.1) is 16.7 Å². The van der Waals surface area contributed by atoms with Crippen molar-refractivity contribution in [2.45, 2.75) is 84.0 Å². The van der Waals surface area contributed by atoms with Crippen molar-refractivity contribution < 1.29 is 9.72 Å². The molecule has 0 heterocycles. The molecule has 0 bridgehead atoms. The molecule has 27 heavy (non-hydrogen) atoms. The third-order valence-corrected chi connectivity index (χ3v) is 4.53. The summed E-state index contributed by atoms with van der Waals surface area (Å²) in [6, 6.07) is 6.30. The Kier molecular flexibility index (Phi) is 12.6. The monoisotopic (exact) mass is 375 g/mol. The Morgan fingerprint density at radius 2 is 1.56 bits per heavy atom. The van der Waals surface area contributed by atoms with Crippen LogP contribution in [-0.4, -0.2) is 17.0 Å². The molecule has 1 rings (SSSR count). The molecule has 0 radical (unpaired) electrons. The highest BCUT2D eigenvalue weighted by Crippen LogP contribution is 2.15. The number of hydrazone groups is 1. The number of benzene rings is 1. The Labute approximate surface area is 162 Å². The van der Waals surface area contributed by atoms with Crippen LogP contribution >= 0.6 is 0 Å². The minimum Gasteiger partial charge on any atom is -0.273 e. The van der Waals surface area contributed by atoms with Crippen molar-refractivity contribution in [1.29, 1.82) is 0 Å². The molecule has 6 nitrogen and oxygen atoms in total. The topological polar surface area (TPSA) is 84.6 Å². The number of carbonyl (C=O) groups is 1. The number of amides is 1. The first-order chi connectivity index (χ1) is 13.1. The number of carbonyl (C=O) groups excluding carboxylic acids is 1. The number of hydrogen-bond acceptors (Lipinski definition) is 4. The van der Waals surface area contributed by atoms with E-state index in [1.165, 1.54) is 70.1 Å². The molecule has 0 saturated heterocycles. The second-order valence-corrected chi connectivity index (χ2v) is 6.89. The molecule has 150 valence electrons. The molecule has 1 aromatic carbocycles. The number of unbranched alkanes of at least 4 members (excludes halogenated alkanes) is 10. The lowest BCUT2D eigenvalue weighted by molar-refractivity contribution is -0.385. The van der Waals surface area contributed by atoms with E-state index in [2.05, 4.69) is 17.5 Å². The second kappa shape index (κ2) is 14.9. The first kappa shape index (κ1) is 22.8. The number of nitro groups is 1.